The topological polar surface area (TPSA) is 85.2 Å². The SMILES string of the molecule is COc1cccc(C(=O)NCCn2ncc3c(N4CCCC4)ncnc32)c1. The third kappa shape index (κ3) is 3.55. The summed E-state index contributed by atoms with van der Waals surface area (Å²) in [5.41, 5.74) is 1.36. The van der Waals surface area contributed by atoms with Gasteiger partial charge in [0.05, 0.1) is 25.2 Å². The van der Waals surface area contributed by atoms with E-state index in [1.165, 1.54) is 12.8 Å². The van der Waals surface area contributed by atoms with Crippen LogP contribution in [0, 0.1) is 0 Å². The quantitative estimate of drug-likeness (QED) is 0.717. The number of hydrogen-bond donors (Lipinski definition) is 1. The first-order chi connectivity index (χ1) is 13.3. The molecule has 8 heteroatoms. The van der Waals surface area contributed by atoms with E-state index >= 15 is 0 Å². The van der Waals surface area contributed by atoms with Crippen LogP contribution >= 0.6 is 0 Å². The van der Waals surface area contributed by atoms with Crippen molar-refractivity contribution in [1.82, 2.24) is 25.1 Å². The van der Waals surface area contributed by atoms with Gasteiger partial charge in [-0.2, -0.15) is 5.10 Å². The summed E-state index contributed by atoms with van der Waals surface area (Å²) in [5, 5.41) is 8.31. The summed E-state index contributed by atoms with van der Waals surface area (Å²) in [5.74, 6) is 1.47. The maximum atomic E-state index is 12.3. The minimum Gasteiger partial charge on any atom is -0.497 e. The van der Waals surface area contributed by atoms with E-state index in [9.17, 15) is 4.79 Å². The standard InChI is InChI=1S/C19H22N6O2/c1-27-15-6-4-5-14(11-15)19(26)20-7-10-25-18-16(12-23-25)17(21-13-22-18)24-8-2-3-9-24/h4-6,11-13H,2-3,7-10H2,1H3,(H,20,26). The Hall–Kier alpha value is -3.16. The van der Waals surface area contributed by atoms with Crippen molar-refractivity contribution in [3.05, 3.63) is 42.4 Å². The molecule has 0 radical (unpaired) electrons. The number of aromatic nitrogens is 4. The Bertz CT molecular complexity index is 948. The van der Waals surface area contributed by atoms with Crippen molar-refractivity contribution in [3.63, 3.8) is 0 Å². The Morgan fingerprint density at radius 2 is 2.11 bits per heavy atom. The van der Waals surface area contributed by atoms with Gasteiger partial charge >= 0.3 is 0 Å². The molecule has 8 nitrogen and oxygen atoms in total. The lowest BCUT2D eigenvalue weighted by molar-refractivity contribution is 0.0951. The molecule has 0 aliphatic carbocycles. The molecule has 0 saturated carbocycles. The number of carbonyl (C=O) groups is 1. The van der Waals surface area contributed by atoms with Crippen LogP contribution in [-0.2, 0) is 6.54 Å². The predicted molar refractivity (Wildman–Crippen MR) is 102 cm³/mol. The van der Waals surface area contributed by atoms with Crippen molar-refractivity contribution >= 4 is 22.8 Å². The smallest absolute Gasteiger partial charge is 0.251 e. The molecule has 1 fully saturated rings. The summed E-state index contributed by atoms with van der Waals surface area (Å²) >= 11 is 0. The number of anilines is 1. The van der Waals surface area contributed by atoms with Crippen molar-refractivity contribution in [1.29, 1.82) is 0 Å². The number of fused-ring (bicyclic) bond motifs is 1. The molecule has 27 heavy (non-hydrogen) atoms. The van der Waals surface area contributed by atoms with Crippen molar-refractivity contribution in [2.45, 2.75) is 19.4 Å². The minimum atomic E-state index is -0.141. The number of nitrogens with zero attached hydrogens (tertiary/aromatic N) is 5. The van der Waals surface area contributed by atoms with Gasteiger partial charge in [-0.15, -0.1) is 0 Å². The van der Waals surface area contributed by atoms with Gasteiger partial charge in [0.25, 0.3) is 5.91 Å². The Labute approximate surface area is 157 Å². The van der Waals surface area contributed by atoms with Crippen molar-refractivity contribution in [2.75, 3.05) is 31.6 Å². The van der Waals surface area contributed by atoms with Gasteiger partial charge in [0.1, 0.15) is 17.9 Å². The molecule has 0 spiro atoms. The largest absolute Gasteiger partial charge is 0.497 e. The van der Waals surface area contributed by atoms with Gasteiger partial charge in [0.15, 0.2) is 5.65 Å². The number of amides is 1. The van der Waals surface area contributed by atoms with Crippen LogP contribution in [0.4, 0.5) is 5.82 Å². The third-order valence-electron chi connectivity index (χ3n) is 4.76. The molecular weight excluding hydrogens is 344 g/mol. The molecule has 1 aliphatic heterocycles. The lowest BCUT2D eigenvalue weighted by atomic mass is 10.2. The second kappa shape index (κ2) is 7.61. The van der Waals surface area contributed by atoms with Crippen LogP contribution < -0.4 is 15.0 Å². The minimum absolute atomic E-state index is 0.141. The number of rotatable bonds is 6. The fraction of sp³-hybridized carbons (Fsp3) is 0.368. The number of benzene rings is 1. The average Bonchev–Trinajstić information content (AvgIpc) is 3.38. The summed E-state index contributed by atoms with van der Waals surface area (Å²) in [4.78, 5) is 23.4. The van der Waals surface area contributed by atoms with Crippen LogP contribution in [-0.4, -0.2) is 52.4 Å². The summed E-state index contributed by atoms with van der Waals surface area (Å²) in [6.07, 6.45) is 5.78. The van der Waals surface area contributed by atoms with E-state index in [0.717, 1.165) is 29.9 Å². The monoisotopic (exact) mass is 366 g/mol. The molecular formula is C19H22N6O2. The van der Waals surface area contributed by atoms with Crippen molar-refractivity contribution in [3.8, 4) is 5.75 Å². The molecule has 1 N–H and O–H groups in total. The van der Waals surface area contributed by atoms with Gasteiger partial charge < -0.3 is 15.0 Å². The first-order valence-corrected chi connectivity index (χ1v) is 9.10. The van der Waals surface area contributed by atoms with Gasteiger partial charge in [-0.05, 0) is 31.0 Å². The van der Waals surface area contributed by atoms with E-state index in [-0.39, 0.29) is 5.91 Å². The highest BCUT2D eigenvalue weighted by atomic mass is 16.5. The molecule has 140 valence electrons. The van der Waals surface area contributed by atoms with Crippen LogP contribution in [0.2, 0.25) is 0 Å². The second-order valence-electron chi connectivity index (χ2n) is 6.48. The number of nitrogens with one attached hydrogen (secondary N) is 1. The van der Waals surface area contributed by atoms with E-state index in [1.807, 2.05) is 16.9 Å². The van der Waals surface area contributed by atoms with Crippen LogP contribution in [0.3, 0.4) is 0 Å². The van der Waals surface area contributed by atoms with Crippen molar-refractivity contribution in [2.24, 2.45) is 0 Å². The molecule has 0 bridgehead atoms. The maximum absolute atomic E-state index is 12.3. The number of carbonyl (C=O) groups excluding carboxylic acids is 1. The summed E-state index contributed by atoms with van der Waals surface area (Å²) in [7, 11) is 1.58. The fourth-order valence-corrected chi connectivity index (χ4v) is 3.37. The van der Waals surface area contributed by atoms with E-state index in [0.29, 0.717) is 24.4 Å². The van der Waals surface area contributed by atoms with Gasteiger partial charge in [-0.3, -0.25) is 4.79 Å². The third-order valence-corrected chi connectivity index (χ3v) is 4.76. The van der Waals surface area contributed by atoms with Gasteiger partial charge in [-0.25, -0.2) is 14.6 Å². The summed E-state index contributed by atoms with van der Waals surface area (Å²) in [6.45, 7) is 3.04. The van der Waals surface area contributed by atoms with Crippen LogP contribution in [0.15, 0.2) is 36.8 Å². The van der Waals surface area contributed by atoms with Crippen LogP contribution in [0.1, 0.15) is 23.2 Å². The first-order valence-electron chi connectivity index (χ1n) is 9.10. The van der Waals surface area contributed by atoms with E-state index in [4.69, 9.17) is 4.74 Å². The van der Waals surface area contributed by atoms with Gasteiger partial charge in [0, 0.05) is 25.2 Å². The Morgan fingerprint density at radius 3 is 2.93 bits per heavy atom. The maximum Gasteiger partial charge on any atom is 0.251 e. The Kier molecular flexibility index (Phi) is 4.86. The van der Waals surface area contributed by atoms with Gasteiger partial charge in [-0.1, -0.05) is 6.07 Å². The molecule has 3 heterocycles. The van der Waals surface area contributed by atoms with E-state index in [2.05, 4.69) is 25.3 Å². The Balaban J connectivity index is 1.43. The highest BCUT2D eigenvalue weighted by Gasteiger charge is 2.18. The highest BCUT2D eigenvalue weighted by molar-refractivity contribution is 5.94. The predicted octanol–water partition coefficient (Wildman–Crippen LogP) is 1.87. The average molecular weight is 366 g/mol. The van der Waals surface area contributed by atoms with Gasteiger partial charge in [0.2, 0.25) is 0 Å². The van der Waals surface area contributed by atoms with E-state index in [1.54, 1.807) is 31.6 Å². The molecule has 1 aliphatic rings. The molecule has 2 aromatic heterocycles. The lowest BCUT2D eigenvalue weighted by Gasteiger charge is -2.16. The summed E-state index contributed by atoms with van der Waals surface area (Å²) in [6, 6.07) is 7.08. The van der Waals surface area contributed by atoms with Crippen molar-refractivity contribution < 1.29 is 9.53 Å². The number of ether oxygens (including phenoxy) is 1. The van der Waals surface area contributed by atoms with E-state index < -0.39 is 0 Å². The normalized spacial score (nSPS) is 13.9. The fourth-order valence-electron chi connectivity index (χ4n) is 3.37. The Morgan fingerprint density at radius 1 is 1.26 bits per heavy atom. The molecule has 0 atom stereocenters. The zero-order chi connectivity index (χ0) is 18.6. The molecule has 1 aromatic carbocycles. The molecule has 1 saturated heterocycles. The second-order valence-corrected chi connectivity index (χ2v) is 6.48. The molecule has 1 amide bonds. The van der Waals surface area contributed by atoms with Crippen LogP contribution in [0.5, 0.6) is 5.75 Å². The summed E-state index contributed by atoms with van der Waals surface area (Å²) < 4.78 is 6.97. The zero-order valence-electron chi connectivity index (χ0n) is 15.3. The molecule has 0 unspecified atom stereocenters. The van der Waals surface area contributed by atoms with Crippen LogP contribution in [0.25, 0.3) is 11.0 Å². The number of methoxy groups -OCH3 is 1. The molecule has 3 aromatic rings. The highest BCUT2D eigenvalue weighted by Crippen LogP contribution is 2.25. The molecule has 4 rings (SSSR count). The lowest BCUT2D eigenvalue weighted by Crippen LogP contribution is -2.27. The number of hydrogen-bond acceptors (Lipinski definition) is 6. The first kappa shape index (κ1) is 17.3. The zero-order valence-corrected chi connectivity index (χ0v) is 15.3.